The smallest absolute Gasteiger partial charge is 0.273 e. The van der Waals surface area contributed by atoms with Gasteiger partial charge in [-0.3, -0.25) is 14.3 Å². The Hall–Kier alpha value is -3.48. The van der Waals surface area contributed by atoms with E-state index in [1.165, 1.54) is 18.2 Å². The fourth-order valence-electron chi connectivity index (χ4n) is 3.69. The Morgan fingerprint density at radius 3 is 2.62 bits per heavy atom. The van der Waals surface area contributed by atoms with Crippen LogP contribution in [0.3, 0.4) is 0 Å². The lowest BCUT2D eigenvalue weighted by molar-refractivity contribution is -0.124. The Balaban J connectivity index is 1.77. The van der Waals surface area contributed by atoms with Gasteiger partial charge in [0.25, 0.3) is 5.56 Å². The first kappa shape index (κ1) is 18.9. The minimum absolute atomic E-state index is 0.155. The highest BCUT2D eigenvalue weighted by molar-refractivity contribution is 5.94. The van der Waals surface area contributed by atoms with E-state index in [1.807, 2.05) is 47.3 Å². The van der Waals surface area contributed by atoms with Gasteiger partial charge in [0.05, 0.1) is 5.52 Å². The summed E-state index contributed by atoms with van der Waals surface area (Å²) in [5.74, 6) is -0.466. The lowest BCUT2D eigenvalue weighted by atomic mass is 10.1. The number of nitrogens with one attached hydrogen (secondary N) is 1. The Kier molecular flexibility index (Phi) is 4.88. The minimum atomic E-state index is -0.499. The summed E-state index contributed by atoms with van der Waals surface area (Å²) in [6.07, 6.45) is 0.550. The molecule has 0 bridgehead atoms. The lowest BCUT2D eigenvalue weighted by Crippen LogP contribution is -2.34. The van der Waals surface area contributed by atoms with Gasteiger partial charge in [0.15, 0.2) is 5.65 Å². The van der Waals surface area contributed by atoms with Crippen LogP contribution in [0.25, 0.3) is 16.6 Å². The topological polar surface area (TPSA) is 68.4 Å². The van der Waals surface area contributed by atoms with E-state index in [0.29, 0.717) is 24.3 Å². The number of rotatable bonds is 5. The van der Waals surface area contributed by atoms with Gasteiger partial charge in [0.2, 0.25) is 5.91 Å². The number of aryl methyl sites for hydroxylation is 1. The summed E-state index contributed by atoms with van der Waals surface area (Å²) in [6, 6.07) is 14.6. The van der Waals surface area contributed by atoms with E-state index in [9.17, 15) is 14.0 Å². The third kappa shape index (κ3) is 3.40. The zero-order chi connectivity index (χ0) is 20.5. The maximum absolute atomic E-state index is 13.1. The molecule has 7 heteroatoms. The number of fused-ring (bicyclic) bond motifs is 3. The molecule has 148 valence electrons. The molecule has 0 fully saturated rings. The van der Waals surface area contributed by atoms with Crippen LogP contribution in [0.5, 0.6) is 0 Å². The molecule has 0 aliphatic rings. The molecule has 29 heavy (non-hydrogen) atoms. The first-order valence-electron chi connectivity index (χ1n) is 9.51. The third-order valence-corrected chi connectivity index (χ3v) is 5.05. The van der Waals surface area contributed by atoms with E-state index >= 15 is 0 Å². The molecule has 0 unspecified atom stereocenters. The van der Waals surface area contributed by atoms with E-state index in [4.69, 9.17) is 0 Å². The monoisotopic (exact) mass is 392 g/mol. The van der Waals surface area contributed by atoms with Crippen molar-refractivity contribution in [3.63, 3.8) is 0 Å². The number of aromatic nitrogens is 3. The van der Waals surface area contributed by atoms with E-state index in [-0.39, 0.29) is 17.3 Å². The van der Waals surface area contributed by atoms with Gasteiger partial charge >= 0.3 is 0 Å². The number of hydrogen-bond donors (Lipinski definition) is 1. The van der Waals surface area contributed by atoms with Crippen molar-refractivity contribution in [3.05, 3.63) is 82.0 Å². The van der Waals surface area contributed by atoms with Crippen molar-refractivity contribution < 1.29 is 9.18 Å². The van der Waals surface area contributed by atoms with E-state index in [0.717, 1.165) is 16.5 Å². The van der Waals surface area contributed by atoms with Crippen molar-refractivity contribution in [2.24, 2.45) is 0 Å². The highest BCUT2D eigenvalue weighted by Crippen LogP contribution is 2.26. The van der Waals surface area contributed by atoms with Gasteiger partial charge in [-0.1, -0.05) is 31.2 Å². The van der Waals surface area contributed by atoms with Crippen molar-refractivity contribution >= 4 is 22.5 Å². The Labute approximate surface area is 166 Å². The first-order valence-corrected chi connectivity index (χ1v) is 9.51. The Morgan fingerprint density at radius 1 is 1.17 bits per heavy atom. The molecule has 4 aromatic rings. The van der Waals surface area contributed by atoms with E-state index in [2.05, 4.69) is 10.3 Å². The molecule has 2 aromatic carbocycles. The normalized spacial score (nSPS) is 12.4. The average molecular weight is 392 g/mol. The third-order valence-electron chi connectivity index (χ3n) is 5.05. The summed E-state index contributed by atoms with van der Waals surface area (Å²) in [4.78, 5) is 29.2. The molecule has 1 N–H and O–H groups in total. The number of benzene rings is 2. The van der Waals surface area contributed by atoms with Gasteiger partial charge in [-0.25, -0.2) is 8.91 Å². The molecule has 2 heterocycles. The molecular formula is C22H21FN4O2. The summed E-state index contributed by atoms with van der Waals surface area (Å²) in [5.41, 5.74) is 2.59. The van der Waals surface area contributed by atoms with Crippen LogP contribution in [-0.2, 0) is 11.3 Å². The predicted molar refractivity (Wildman–Crippen MR) is 109 cm³/mol. The van der Waals surface area contributed by atoms with Gasteiger partial charge in [-0.2, -0.15) is 4.98 Å². The van der Waals surface area contributed by atoms with Crippen molar-refractivity contribution in [1.29, 1.82) is 0 Å². The van der Waals surface area contributed by atoms with Crippen LogP contribution >= 0.6 is 0 Å². The van der Waals surface area contributed by atoms with Gasteiger partial charge in [-0.15, -0.1) is 0 Å². The highest BCUT2D eigenvalue weighted by atomic mass is 19.1. The number of hydrogen-bond acceptors (Lipinski definition) is 3. The zero-order valence-corrected chi connectivity index (χ0v) is 16.2. The van der Waals surface area contributed by atoms with Gasteiger partial charge in [0.1, 0.15) is 11.9 Å². The average Bonchev–Trinajstić information content (AvgIpc) is 3.03. The summed E-state index contributed by atoms with van der Waals surface area (Å²) in [6.45, 7) is 4.07. The number of carbonyl (C=O) groups excluding carboxylic acids is 1. The zero-order valence-electron chi connectivity index (χ0n) is 16.2. The summed E-state index contributed by atoms with van der Waals surface area (Å²) in [7, 11) is 0. The van der Waals surface area contributed by atoms with Crippen LogP contribution in [0.1, 0.15) is 30.6 Å². The van der Waals surface area contributed by atoms with Crippen LogP contribution < -0.4 is 10.9 Å². The quantitative estimate of drug-likeness (QED) is 0.566. The Bertz CT molecular complexity index is 1260. The van der Waals surface area contributed by atoms with Gasteiger partial charge < -0.3 is 5.32 Å². The second-order valence-corrected chi connectivity index (χ2v) is 7.00. The maximum Gasteiger partial charge on any atom is 0.273 e. The SMILES string of the molecule is CC[C@@H](C(=O)NCc1ccc(F)cc1)n1c2ccccc2c2nc(=O)cc(C)n21. The molecule has 0 spiro atoms. The second-order valence-electron chi connectivity index (χ2n) is 7.00. The number of para-hydroxylation sites is 1. The second kappa shape index (κ2) is 7.50. The molecule has 0 saturated heterocycles. The molecule has 6 nitrogen and oxygen atoms in total. The molecule has 0 radical (unpaired) electrons. The maximum atomic E-state index is 13.1. The molecular weight excluding hydrogens is 371 g/mol. The first-order chi connectivity index (χ1) is 14.0. The molecule has 0 aliphatic carbocycles. The highest BCUT2D eigenvalue weighted by Gasteiger charge is 2.24. The summed E-state index contributed by atoms with van der Waals surface area (Å²) in [5, 5.41) is 3.76. The van der Waals surface area contributed by atoms with Gasteiger partial charge in [-0.05, 0) is 43.2 Å². The number of carbonyl (C=O) groups is 1. The minimum Gasteiger partial charge on any atom is -0.350 e. The molecule has 2 aromatic heterocycles. The van der Waals surface area contributed by atoms with Crippen LogP contribution in [-0.4, -0.2) is 20.1 Å². The van der Waals surface area contributed by atoms with Crippen LogP contribution in [0.2, 0.25) is 0 Å². The predicted octanol–water partition coefficient (Wildman–Crippen LogP) is 3.36. The number of halogens is 1. The standard InChI is InChI=1S/C22H21FN4O2/c1-3-18(22(29)24-13-15-8-10-16(23)11-9-15)27-19-7-5-4-6-17(19)21-25-20(28)12-14(2)26(21)27/h4-12,18H,3,13H2,1-2H3,(H,24,29)/t18-/m0/s1. The fraction of sp³-hybridized carbons (Fsp3) is 0.227. The Morgan fingerprint density at radius 2 is 1.90 bits per heavy atom. The van der Waals surface area contributed by atoms with Gasteiger partial charge in [0, 0.05) is 23.7 Å². The van der Waals surface area contributed by atoms with E-state index < -0.39 is 6.04 Å². The lowest BCUT2D eigenvalue weighted by Gasteiger charge is -2.20. The number of nitrogens with zero attached hydrogens (tertiary/aromatic N) is 3. The summed E-state index contributed by atoms with van der Waals surface area (Å²) < 4.78 is 16.8. The molecule has 4 rings (SSSR count). The largest absolute Gasteiger partial charge is 0.350 e. The number of amides is 1. The van der Waals surface area contributed by atoms with Crippen LogP contribution in [0.15, 0.2) is 59.4 Å². The molecule has 1 atom stereocenters. The molecule has 0 saturated carbocycles. The van der Waals surface area contributed by atoms with Crippen LogP contribution in [0.4, 0.5) is 4.39 Å². The van der Waals surface area contributed by atoms with Crippen molar-refractivity contribution in [1.82, 2.24) is 19.5 Å². The van der Waals surface area contributed by atoms with Crippen molar-refractivity contribution in [3.8, 4) is 0 Å². The van der Waals surface area contributed by atoms with Crippen molar-refractivity contribution in [2.75, 3.05) is 0 Å². The molecule has 0 aliphatic heterocycles. The van der Waals surface area contributed by atoms with Crippen molar-refractivity contribution in [2.45, 2.75) is 32.9 Å². The van der Waals surface area contributed by atoms with E-state index in [1.54, 1.807) is 12.1 Å². The van der Waals surface area contributed by atoms with Crippen LogP contribution in [0, 0.1) is 12.7 Å². The fourth-order valence-corrected chi connectivity index (χ4v) is 3.69. The molecule has 1 amide bonds. The summed E-state index contributed by atoms with van der Waals surface area (Å²) >= 11 is 0.